The third-order valence-electron chi connectivity index (χ3n) is 4.43. The maximum atomic E-state index is 5.84. The van der Waals surface area contributed by atoms with Crippen molar-refractivity contribution in [2.75, 3.05) is 7.11 Å². The number of methoxy groups -OCH3 is 1. The summed E-state index contributed by atoms with van der Waals surface area (Å²) < 4.78 is 5.79. The Morgan fingerprint density at radius 2 is 1.89 bits per heavy atom. The van der Waals surface area contributed by atoms with Crippen molar-refractivity contribution in [3.05, 3.63) is 48.0 Å². The molecule has 1 saturated carbocycles. The number of benzene rings is 2. The molecule has 3 rings (SSSR count). The van der Waals surface area contributed by atoms with E-state index < -0.39 is 0 Å². The van der Waals surface area contributed by atoms with E-state index in [1.54, 1.807) is 7.11 Å². The summed E-state index contributed by atoms with van der Waals surface area (Å²) >= 11 is 0. The van der Waals surface area contributed by atoms with Gasteiger partial charge in [-0.15, -0.1) is 0 Å². The summed E-state index contributed by atoms with van der Waals surface area (Å²) in [7, 11) is 1.79. The number of rotatable bonds is 4. The van der Waals surface area contributed by atoms with E-state index in [0.717, 1.165) is 12.8 Å². The van der Waals surface area contributed by atoms with E-state index in [-0.39, 0.29) is 11.6 Å². The van der Waals surface area contributed by atoms with Gasteiger partial charge in [0.1, 0.15) is 0 Å². The van der Waals surface area contributed by atoms with Gasteiger partial charge in [-0.3, -0.25) is 11.3 Å². The van der Waals surface area contributed by atoms with Crippen LogP contribution in [0.3, 0.4) is 0 Å². The van der Waals surface area contributed by atoms with Crippen LogP contribution in [0.4, 0.5) is 0 Å². The number of hydrogen-bond acceptors (Lipinski definition) is 3. The van der Waals surface area contributed by atoms with Gasteiger partial charge in [0, 0.05) is 7.11 Å². The summed E-state index contributed by atoms with van der Waals surface area (Å²) in [5.74, 6) is 5.84. The highest BCUT2D eigenvalue weighted by Crippen LogP contribution is 2.45. The lowest BCUT2D eigenvalue weighted by Gasteiger charge is -2.46. The van der Waals surface area contributed by atoms with Crippen molar-refractivity contribution in [2.24, 2.45) is 5.84 Å². The first-order chi connectivity index (χ1) is 9.30. The molecule has 0 spiro atoms. The van der Waals surface area contributed by atoms with Crippen LogP contribution < -0.4 is 11.3 Å². The Morgan fingerprint density at radius 1 is 1.16 bits per heavy atom. The van der Waals surface area contributed by atoms with E-state index in [0.29, 0.717) is 0 Å². The molecule has 0 aromatic heterocycles. The highest BCUT2D eigenvalue weighted by atomic mass is 16.5. The van der Waals surface area contributed by atoms with Gasteiger partial charge in [-0.05, 0) is 35.6 Å². The summed E-state index contributed by atoms with van der Waals surface area (Å²) in [5.41, 5.74) is 4.05. The summed E-state index contributed by atoms with van der Waals surface area (Å²) in [6.45, 7) is 0. The van der Waals surface area contributed by atoms with Gasteiger partial charge in [-0.1, -0.05) is 42.5 Å². The third-order valence-corrected chi connectivity index (χ3v) is 4.43. The lowest BCUT2D eigenvalue weighted by molar-refractivity contribution is -0.0995. The molecular weight excluding hydrogens is 236 g/mol. The molecule has 1 unspecified atom stereocenters. The third kappa shape index (κ3) is 1.94. The molecule has 3 nitrogen and oxygen atoms in total. The standard InChI is InChI=1S/C16H20N2O/c1-19-16(10-5-11-16)15(18-17)14-9-4-7-12-6-2-3-8-13(12)14/h2-4,6-9,15,18H,5,10-11,17H2,1H3. The molecule has 0 radical (unpaired) electrons. The normalized spacial score (nSPS) is 19.1. The maximum Gasteiger partial charge on any atom is 0.0885 e. The highest BCUT2D eigenvalue weighted by Gasteiger charge is 2.45. The van der Waals surface area contributed by atoms with Crippen molar-refractivity contribution >= 4 is 10.8 Å². The first-order valence-corrected chi connectivity index (χ1v) is 6.80. The van der Waals surface area contributed by atoms with Gasteiger partial charge >= 0.3 is 0 Å². The molecule has 1 fully saturated rings. The number of hydrogen-bond donors (Lipinski definition) is 2. The second kappa shape index (κ2) is 4.93. The van der Waals surface area contributed by atoms with Crippen LogP contribution in [0.5, 0.6) is 0 Å². The van der Waals surface area contributed by atoms with Gasteiger partial charge in [0.2, 0.25) is 0 Å². The van der Waals surface area contributed by atoms with Crippen LogP contribution in [0, 0.1) is 0 Å². The predicted molar refractivity (Wildman–Crippen MR) is 77.6 cm³/mol. The van der Waals surface area contributed by atoms with Crippen molar-refractivity contribution in [1.82, 2.24) is 5.43 Å². The van der Waals surface area contributed by atoms with Crippen molar-refractivity contribution in [1.29, 1.82) is 0 Å². The van der Waals surface area contributed by atoms with Crippen LogP contribution in [-0.2, 0) is 4.74 Å². The van der Waals surface area contributed by atoms with Crippen LogP contribution in [0.25, 0.3) is 10.8 Å². The Morgan fingerprint density at radius 3 is 2.53 bits per heavy atom. The Kier molecular flexibility index (Phi) is 3.27. The molecule has 1 aliphatic carbocycles. The molecule has 0 amide bonds. The second-order valence-corrected chi connectivity index (χ2v) is 5.29. The SMILES string of the molecule is COC1(C(NN)c2cccc3ccccc23)CCC1. The quantitative estimate of drug-likeness (QED) is 0.653. The van der Waals surface area contributed by atoms with Crippen LogP contribution in [-0.4, -0.2) is 12.7 Å². The summed E-state index contributed by atoms with van der Waals surface area (Å²) in [6.07, 6.45) is 3.32. The highest BCUT2D eigenvalue weighted by molar-refractivity contribution is 5.86. The monoisotopic (exact) mass is 256 g/mol. The minimum atomic E-state index is -0.154. The zero-order valence-corrected chi connectivity index (χ0v) is 11.2. The second-order valence-electron chi connectivity index (χ2n) is 5.29. The summed E-state index contributed by atoms with van der Waals surface area (Å²) in [5, 5.41) is 2.49. The Bertz CT molecular complexity index is 567. The lowest BCUT2D eigenvalue weighted by atomic mass is 9.72. The van der Waals surface area contributed by atoms with E-state index in [2.05, 4.69) is 47.9 Å². The number of nitrogens with two attached hydrogens (primary N) is 1. The van der Waals surface area contributed by atoms with Gasteiger partial charge in [-0.2, -0.15) is 0 Å². The maximum absolute atomic E-state index is 5.84. The van der Waals surface area contributed by atoms with Gasteiger partial charge < -0.3 is 4.74 Å². The first-order valence-electron chi connectivity index (χ1n) is 6.80. The Balaban J connectivity index is 2.11. The fraction of sp³-hybridized carbons (Fsp3) is 0.375. The molecule has 1 atom stereocenters. The van der Waals surface area contributed by atoms with Gasteiger partial charge in [0.15, 0.2) is 0 Å². The van der Waals surface area contributed by atoms with E-state index in [4.69, 9.17) is 10.6 Å². The zero-order chi connectivity index (χ0) is 13.3. The minimum Gasteiger partial charge on any atom is -0.376 e. The number of ether oxygens (including phenoxy) is 1. The largest absolute Gasteiger partial charge is 0.376 e. The smallest absolute Gasteiger partial charge is 0.0885 e. The van der Waals surface area contributed by atoms with Crippen LogP contribution >= 0.6 is 0 Å². The fourth-order valence-electron chi connectivity index (χ4n) is 3.16. The minimum absolute atomic E-state index is 0.0392. The van der Waals surface area contributed by atoms with Crippen molar-refractivity contribution in [3.63, 3.8) is 0 Å². The molecular formula is C16H20N2O. The van der Waals surface area contributed by atoms with Gasteiger partial charge in [-0.25, -0.2) is 0 Å². The van der Waals surface area contributed by atoms with Gasteiger partial charge in [0.05, 0.1) is 11.6 Å². The molecule has 1 aliphatic rings. The fourth-order valence-corrected chi connectivity index (χ4v) is 3.16. The summed E-state index contributed by atoms with van der Waals surface area (Å²) in [6, 6.07) is 14.8. The molecule has 0 aliphatic heterocycles. The van der Waals surface area contributed by atoms with Crippen molar-refractivity contribution < 1.29 is 4.74 Å². The number of fused-ring (bicyclic) bond motifs is 1. The molecule has 2 aromatic rings. The first kappa shape index (κ1) is 12.6. The van der Waals surface area contributed by atoms with Crippen molar-refractivity contribution in [3.8, 4) is 0 Å². The molecule has 3 N–H and O–H groups in total. The number of nitrogens with one attached hydrogen (secondary N) is 1. The molecule has 0 saturated heterocycles. The number of hydrazine groups is 1. The summed E-state index contributed by atoms with van der Waals surface area (Å²) in [4.78, 5) is 0. The van der Waals surface area contributed by atoms with E-state index >= 15 is 0 Å². The molecule has 3 heteroatoms. The van der Waals surface area contributed by atoms with Gasteiger partial charge in [0.25, 0.3) is 0 Å². The Hall–Kier alpha value is -1.42. The molecule has 0 heterocycles. The van der Waals surface area contributed by atoms with Crippen LogP contribution in [0.2, 0.25) is 0 Å². The zero-order valence-electron chi connectivity index (χ0n) is 11.2. The average Bonchev–Trinajstić information content (AvgIpc) is 2.42. The van der Waals surface area contributed by atoms with E-state index in [1.165, 1.54) is 22.8 Å². The molecule has 19 heavy (non-hydrogen) atoms. The average molecular weight is 256 g/mol. The predicted octanol–water partition coefficient (Wildman–Crippen LogP) is 2.91. The lowest BCUT2D eigenvalue weighted by Crippen LogP contribution is -2.52. The van der Waals surface area contributed by atoms with Crippen LogP contribution in [0.1, 0.15) is 30.9 Å². The molecule has 100 valence electrons. The van der Waals surface area contributed by atoms with Crippen molar-refractivity contribution in [2.45, 2.75) is 30.9 Å². The molecule has 2 aromatic carbocycles. The van der Waals surface area contributed by atoms with E-state index in [1.807, 2.05) is 0 Å². The Labute approximate surface area is 113 Å². The van der Waals surface area contributed by atoms with Crippen LogP contribution in [0.15, 0.2) is 42.5 Å². The van der Waals surface area contributed by atoms with E-state index in [9.17, 15) is 0 Å². The molecule has 0 bridgehead atoms. The topological polar surface area (TPSA) is 47.3 Å².